The van der Waals surface area contributed by atoms with Crippen molar-refractivity contribution in [2.45, 2.75) is 57.4 Å². The minimum absolute atomic E-state index is 0.317. The summed E-state index contributed by atoms with van der Waals surface area (Å²) >= 11 is 0. The normalized spacial score (nSPS) is 26.2. The minimum Gasteiger partial charge on any atom is -0.317 e. The Morgan fingerprint density at radius 2 is 1.62 bits per heavy atom. The van der Waals surface area contributed by atoms with Crippen LogP contribution in [0.2, 0.25) is 0 Å². The molecule has 24 heavy (non-hydrogen) atoms. The maximum absolute atomic E-state index is 12.5. The Labute approximate surface area is 148 Å². The number of nitrogens with zero attached hydrogens (tertiary/aromatic N) is 2. The highest BCUT2D eigenvalue weighted by molar-refractivity contribution is 7.89. The van der Waals surface area contributed by atoms with E-state index in [4.69, 9.17) is 0 Å². The summed E-state index contributed by atoms with van der Waals surface area (Å²) in [5.41, 5.74) is 0. The van der Waals surface area contributed by atoms with Gasteiger partial charge in [-0.05, 0) is 64.0 Å². The van der Waals surface area contributed by atoms with Gasteiger partial charge >= 0.3 is 0 Å². The number of nitrogens with one attached hydrogen (secondary N) is 1. The summed E-state index contributed by atoms with van der Waals surface area (Å²) in [6.45, 7) is 5.43. The van der Waals surface area contributed by atoms with E-state index in [1.807, 2.05) is 0 Å². The molecule has 3 fully saturated rings. The monoisotopic (exact) mass is 356 g/mol. The van der Waals surface area contributed by atoms with Gasteiger partial charge in [-0.3, -0.25) is 4.90 Å². The van der Waals surface area contributed by atoms with Crippen molar-refractivity contribution in [3.8, 4) is 0 Å². The summed E-state index contributed by atoms with van der Waals surface area (Å²) in [4.78, 5) is 2.52. The van der Waals surface area contributed by atoms with Crippen LogP contribution in [0.5, 0.6) is 0 Å². The highest BCUT2D eigenvalue weighted by Gasteiger charge is 2.30. The lowest BCUT2D eigenvalue weighted by Gasteiger charge is -2.37. The zero-order chi connectivity index (χ0) is 16.8. The molecule has 2 heterocycles. The molecule has 0 bridgehead atoms. The zero-order valence-electron chi connectivity index (χ0n) is 15.0. The van der Waals surface area contributed by atoms with Crippen LogP contribution >= 0.6 is 0 Å². The molecule has 1 saturated carbocycles. The third-order valence-corrected chi connectivity index (χ3v) is 7.95. The molecule has 0 aromatic rings. The molecule has 3 rings (SSSR count). The van der Waals surface area contributed by atoms with Crippen LogP contribution < -0.4 is 5.32 Å². The summed E-state index contributed by atoms with van der Waals surface area (Å²) < 4.78 is 26.8. The zero-order valence-corrected chi connectivity index (χ0v) is 15.8. The van der Waals surface area contributed by atoms with Crippen LogP contribution in [0.25, 0.3) is 0 Å². The molecule has 2 aliphatic heterocycles. The van der Waals surface area contributed by atoms with Gasteiger partial charge in [-0.1, -0.05) is 12.8 Å². The predicted octanol–water partition coefficient (Wildman–Crippen LogP) is 1.86. The van der Waals surface area contributed by atoms with E-state index in [1.165, 1.54) is 38.5 Å². The average molecular weight is 357 g/mol. The first-order valence-corrected chi connectivity index (χ1v) is 11.5. The van der Waals surface area contributed by atoms with Gasteiger partial charge in [-0.15, -0.1) is 0 Å². The lowest BCUT2D eigenvalue weighted by atomic mass is 9.93. The van der Waals surface area contributed by atoms with Gasteiger partial charge in [0.05, 0.1) is 5.75 Å². The lowest BCUT2D eigenvalue weighted by molar-refractivity contribution is 0.139. The van der Waals surface area contributed by atoms with Gasteiger partial charge in [-0.25, -0.2) is 8.42 Å². The van der Waals surface area contributed by atoms with Gasteiger partial charge in [0.1, 0.15) is 0 Å². The topological polar surface area (TPSA) is 52.7 Å². The van der Waals surface area contributed by atoms with Crippen molar-refractivity contribution in [2.75, 3.05) is 45.0 Å². The van der Waals surface area contributed by atoms with E-state index >= 15 is 0 Å². The van der Waals surface area contributed by atoms with Crippen LogP contribution in [0, 0.1) is 12.3 Å². The Morgan fingerprint density at radius 1 is 0.958 bits per heavy atom. The Kier molecular flexibility index (Phi) is 6.96. The fraction of sp³-hybridized carbons (Fsp3) is 0.944. The molecule has 6 heteroatoms. The maximum Gasteiger partial charge on any atom is 0.214 e. The second-order valence-electron chi connectivity index (χ2n) is 7.65. The van der Waals surface area contributed by atoms with Gasteiger partial charge in [-0.2, -0.15) is 4.31 Å². The molecule has 5 nitrogen and oxygen atoms in total. The first-order chi connectivity index (χ1) is 11.6. The first-order valence-electron chi connectivity index (χ1n) is 9.91. The number of unbranched alkanes of at least 4 members (excludes halogenated alkanes) is 1. The molecule has 139 valence electrons. The molecule has 0 aromatic carbocycles. The van der Waals surface area contributed by atoms with Crippen LogP contribution in [0.3, 0.4) is 0 Å². The Morgan fingerprint density at radius 3 is 2.29 bits per heavy atom. The number of hydrogen-bond donors (Lipinski definition) is 1. The van der Waals surface area contributed by atoms with Crippen molar-refractivity contribution >= 4 is 10.0 Å². The number of piperidine rings is 1. The third-order valence-electron chi connectivity index (χ3n) is 6.00. The van der Waals surface area contributed by atoms with Crippen molar-refractivity contribution in [1.29, 1.82) is 0 Å². The molecule has 3 aliphatic rings. The van der Waals surface area contributed by atoms with Crippen LogP contribution in [0.15, 0.2) is 0 Å². The Bertz CT molecular complexity index is 463. The molecule has 1 radical (unpaired) electrons. The molecule has 0 amide bonds. The van der Waals surface area contributed by atoms with E-state index in [2.05, 4.69) is 16.6 Å². The van der Waals surface area contributed by atoms with Crippen molar-refractivity contribution in [3.05, 3.63) is 6.42 Å². The Balaban J connectivity index is 1.34. The lowest BCUT2D eigenvalue weighted by Crippen LogP contribution is -2.51. The van der Waals surface area contributed by atoms with E-state index in [9.17, 15) is 8.42 Å². The van der Waals surface area contributed by atoms with E-state index in [-0.39, 0.29) is 0 Å². The van der Waals surface area contributed by atoms with E-state index in [1.54, 1.807) is 4.31 Å². The molecule has 1 aliphatic carbocycles. The van der Waals surface area contributed by atoms with Crippen molar-refractivity contribution in [2.24, 2.45) is 5.92 Å². The number of piperazine rings is 1. The van der Waals surface area contributed by atoms with Gasteiger partial charge in [0.2, 0.25) is 10.0 Å². The van der Waals surface area contributed by atoms with Crippen molar-refractivity contribution in [3.63, 3.8) is 0 Å². The molecular formula is C18H34N3O2S. The van der Waals surface area contributed by atoms with Crippen molar-refractivity contribution < 1.29 is 8.42 Å². The largest absolute Gasteiger partial charge is 0.317 e. The minimum atomic E-state index is -3.06. The summed E-state index contributed by atoms with van der Waals surface area (Å²) in [6.07, 6.45) is 11.8. The smallest absolute Gasteiger partial charge is 0.214 e. The number of rotatable bonds is 7. The van der Waals surface area contributed by atoms with Gasteiger partial charge in [0, 0.05) is 32.2 Å². The standard InChI is InChI=1S/C18H34N3O2S/c22-24(23,16-4-3-5-17-8-10-19-11-9-17)21-14-12-20(13-15-21)18-6-1-2-7-18/h5,17-19H,1-4,6-16H2. The Hall–Kier alpha value is -0.170. The van der Waals surface area contributed by atoms with E-state index < -0.39 is 10.0 Å². The first kappa shape index (κ1) is 18.6. The number of sulfonamides is 1. The van der Waals surface area contributed by atoms with Crippen molar-refractivity contribution in [1.82, 2.24) is 14.5 Å². The average Bonchev–Trinajstić information content (AvgIpc) is 3.14. The quantitative estimate of drug-likeness (QED) is 0.708. The summed E-state index contributed by atoms with van der Waals surface area (Å²) in [5, 5.41) is 3.37. The fourth-order valence-electron chi connectivity index (χ4n) is 4.44. The molecule has 0 unspecified atom stereocenters. The van der Waals surface area contributed by atoms with Gasteiger partial charge in [0.25, 0.3) is 0 Å². The van der Waals surface area contributed by atoms with Gasteiger partial charge < -0.3 is 5.32 Å². The molecule has 0 atom stereocenters. The maximum atomic E-state index is 12.5. The molecule has 1 N–H and O–H groups in total. The molecular weight excluding hydrogens is 322 g/mol. The predicted molar refractivity (Wildman–Crippen MR) is 98.3 cm³/mol. The molecule has 2 saturated heterocycles. The highest BCUT2D eigenvalue weighted by atomic mass is 32.2. The number of hydrogen-bond acceptors (Lipinski definition) is 4. The van der Waals surface area contributed by atoms with Crippen LogP contribution in [0.1, 0.15) is 51.4 Å². The van der Waals surface area contributed by atoms with E-state index in [0.29, 0.717) is 24.8 Å². The summed E-state index contributed by atoms with van der Waals surface area (Å²) in [5.74, 6) is 1.00. The van der Waals surface area contributed by atoms with Crippen LogP contribution in [-0.2, 0) is 10.0 Å². The third kappa shape index (κ3) is 5.16. The second kappa shape index (κ2) is 8.97. The van der Waals surface area contributed by atoms with Crippen LogP contribution in [-0.4, -0.2) is 68.7 Å². The molecule has 0 spiro atoms. The molecule has 0 aromatic heterocycles. The highest BCUT2D eigenvalue weighted by Crippen LogP contribution is 2.25. The van der Waals surface area contributed by atoms with Crippen LogP contribution in [0.4, 0.5) is 0 Å². The summed E-state index contributed by atoms with van der Waals surface area (Å²) in [6, 6.07) is 0.717. The van der Waals surface area contributed by atoms with E-state index in [0.717, 1.165) is 45.1 Å². The fourth-order valence-corrected chi connectivity index (χ4v) is 5.95. The SMILES string of the molecule is O=S(=O)(CCC[CH]C1CCNCC1)N1CCN(C2CCCC2)CC1. The van der Waals surface area contributed by atoms with Gasteiger partial charge in [0.15, 0.2) is 0 Å². The summed E-state index contributed by atoms with van der Waals surface area (Å²) in [7, 11) is -3.06. The second-order valence-corrected chi connectivity index (χ2v) is 9.74.